The number of carbonyl (C=O) groups is 2. The summed E-state index contributed by atoms with van der Waals surface area (Å²) in [6.45, 7) is 18.4. The normalized spacial score (nSPS) is 13.1. The second kappa shape index (κ2) is 23.8. The minimum absolute atomic E-state index is 0.0324. The number of hydrogen-bond donors (Lipinski definition) is 1. The molecule has 2 N–H and O–H groups in total. The zero-order valence-electron chi connectivity index (χ0n) is 28.3. The molecule has 8 nitrogen and oxygen atoms in total. The first kappa shape index (κ1) is 41.4. The monoisotopic (exact) mass is 589 g/mol. The molecule has 0 aromatic heterocycles. The van der Waals surface area contributed by atoms with Gasteiger partial charge in [-0.15, -0.1) is 0 Å². The molecular formula is C34H59N3O5. The first-order valence-electron chi connectivity index (χ1n) is 15.2. The number of methoxy groups -OCH3 is 2. The van der Waals surface area contributed by atoms with Crippen LogP contribution in [-0.2, 0) is 30.9 Å². The van der Waals surface area contributed by atoms with Crippen LogP contribution in [0.15, 0.2) is 29.8 Å². The highest BCUT2D eigenvalue weighted by atomic mass is 16.6. The lowest BCUT2D eigenvalue weighted by atomic mass is 9.69. The Morgan fingerprint density at radius 1 is 1.12 bits per heavy atom. The standard InChI is InChI=1S/C29H46N2O4.C3H7NO.C2H6/c1-9-25-20-26(11-12-27(25)34-8)29(21-30,22(2)3)14-10-15-31(6)16-13-23(4)19-24(5)28(32)35-18-17-33-7;1-3(5)2-4;1-2/h11-12,19-20,22,24H,9-10,13-18H2,1-8H3;2,4H2,1H3;1-2H3/b23-19+;;. The summed E-state index contributed by atoms with van der Waals surface area (Å²) >= 11 is 0. The lowest BCUT2D eigenvalue weighted by Crippen LogP contribution is -2.32. The number of benzene rings is 1. The highest BCUT2D eigenvalue weighted by Crippen LogP contribution is 2.38. The fraction of sp³-hybridized carbons (Fsp3) is 0.676. The molecule has 0 spiro atoms. The Hall–Kier alpha value is -2.73. The van der Waals surface area contributed by atoms with Crippen LogP contribution in [0.5, 0.6) is 5.75 Å². The SMILES string of the molecule is CC.CC(=O)CN.CCc1cc(C(C#N)(CCCN(C)CC/C(C)=C/C(C)C(=O)OCCOC)C(C)C)ccc1OC. The van der Waals surface area contributed by atoms with Crippen LogP contribution < -0.4 is 10.5 Å². The molecule has 2 atom stereocenters. The number of hydrogen-bond acceptors (Lipinski definition) is 8. The molecule has 0 aliphatic rings. The van der Waals surface area contributed by atoms with Crippen molar-refractivity contribution in [3.63, 3.8) is 0 Å². The van der Waals surface area contributed by atoms with Crippen molar-refractivity contribution < 1.29 is 23.8 Å². The van der Waals surface area contributed by atoms with E-state index in [0.717, 1.165) is 55.6 Å². The lowest BCUT2D eigenvalue weighted by Gasteiger charge is -2.32. The fourth-order valence-corrected chi connectivity index (χ4v) is 4.39. The number of carbonyl (C=O) groups excluding carboxylic acids is 2. The summed E-state index contributed by atoms with van der Waals surface area (Å²) < 4.78 is 15.6. The maximum Gasteiger partial charge on any atom is 0.312 e. The van der Waals surface area contributed by atoms with Gasteiger partial charge >= 0.3 is 5.97 Å². The molecule has 1 rings (SSSR count). The van der Waals surface area contributed by atoms with E-state index in [-0.39, 0.29) is 36.7 Å². The fourth-order valence-electron chi connectivity index (χ4n) is 4.39. The quantitative estimate of drug-likeness (QED) is 0.131. The van der Waals surface area contributed by atoms with Crippen molar-refractivity contribution in [3.05, 3.63) is 41.0 Å². The van der Waals surface area contributed by atoms with E-state index >= 15 is 0 Å². The molecule has 240 valence electrons. The molecule has 0 saturated heterocycles. The van der Waals surface area contributed by atoms with Crippen LogP contribution in [0, 0.1) is 23.2 Å². The molecule has 0 radical (unpaired) electrons. The largest absolute Gasteiger partial charge is 0.496 e. The molecule has 2 unspecified atom stereocenters. The van der Waals surface area contributed by atoms with Gasteiger partial charge in [-0.25, -0.2) is 0 Å². The van der Waals surface area contributed by atoms with E-state index in [9.17, 15) is 14.9 Å². The van der Waals surface area contributed by atoms with Crippen LogP contribution in [-0.4, -0.2) is 70.8 Å². The molecule has 0 fully saturated rings. The number of nitrogens with two attached hydrogens (primary N) is 1. The topological polar surface area (TPSA) is 115 Å². The van der Waals surface area contributed by atoms with Gasteiger partial charge in [0.25, 0.3) is 0 Å². The van der Waals surface area contributed by atoms with Crippen molar-refractivity contribution in [2.24, 2.45) is 17.6 Å². The van der Waals surface area contributed by atoms with Crippen LogP contribution in [0.4, 0.5) is 0 Å². The Morgan fingerprint density at radius 2 is 1.74 bits per heavy atom. The third-order valence-electron chi connectivity index (χ3n) is 7.09. The Labute approximate surface area is 256 Å². The van der Waals surface area contributed by atoms with E-state index in [2.05, 4.69) is 57.8 Å². The van der Waals surface area contributed by atoms with Crippen LogP contribution >= 0.6 is 0 Å². The Morgan fingerprint density at radius 3 is 2.21 bits per heavy atom. The molecule has 0 heterocycles. The van der Waals surface area contributed by atoms with Crippen LogP contribution in [0.2, 0.25) is 0 Å². The van der Waals surface area contributed by atoms with E-state index in [1.54, 1.807) is 14.2 Å². The van der Waals surface area contributed by atoms with E-state index in [1.807, 2.05) is 32.9 Å². The number of esters is 1. The summed E-state index contributed by atoms with van der Waals surface area (Å²) in [5.41, 5.74) is 7.70. The Balaban J connectivity index is 0. The smallest absolute Gasteiger partial charge is 0.312 e. The summed E-state index contributed by atoms with van der Waals surface area (Å²) in [7, 11) is 5.39. The number of nitriles is 1. The van der Waals surface area contributed by atoms with Crippen LogP contribution in [0.3, 0.4) is 0 Å². The second-order valence-corrected chi connectivity index (χ2v) is 10.6. The van der Waals surface area contributed by atoms with Gasteiger partial charge in [0.05, 0.1) is 37.7 Å². The second-order valence-electron chi connectivity index (χ2n) is 10.6. The molecule has 0 aliphatic carbocycles. The van der Waals surface area contributed by atoms with E-state index in [1.165, 1.54) is 12.5 Å². The van der Waals surface area contributed by atoms with Gasteiger partial charge in [-0.05, 0) is 83.2 Å². The van der Waals surface area contributed by atoms with Crippen molar-refractivity contribution in [1.29, 1.82) is 5.26 Å². The number of ketones is 1. The maximum absolute atomic E-state index is 12.0. The number of rotatable bonds is 17. The van der Waals surface area contributed by atoms with Crippen molar-refractivity contribution in [3.8, 4) is 11.8 Å². The van der Waals surface area contributed by atoms with Gasteiger partial charge in [-0.3, -0.25) is 9.59 Å². The van der Waals surface area contributed by atoms with Crippen LogP contribution in [0.1, 0.15) is 85.8 Å². The third kappa shape index (κ3) is 15.5. The Kier molecular flexibility index (Phi) is 23.5. The van der Waals surface area contributed by atoms with Gasteiger partial charge in [0.1, 0.15) is 18.1 Å². The lowest BCUT2D eigenvalue weighted by molar-refractivity contribution is -0.147. The highest BCUT2D eigenvalue weighted by molar-refractivity contribution is 5.77. The molecule has 1 aromatic rings. The molecular weight excluding hydrogens is 530 g/mol. The van der Waals surface area contributed by atoms with Crippen molar-refractivity contribution >= 4 is 11.8 Å². The number of aryl methyl sites for hydroxylation is 1. The number of Topliss-reactive ketones (excluding diaryl/α,β-unsaturated/α-hetero) is 1. The molecule has 0 bridgehead atoms. The average Bonchev–Trinajstić information content (AvgIpc) is 2.99. The maximum atomic E-state index is 12.0. The van der Waals surface area contributed by atoms with E-state index < -0.39 is 5.41 Å². The average molecular weight is 590 g/mol. The first-order chi connectivity index (χ1) is 19.9. The number of nitrogens with zero attached hydrogens (tertiary/aromatic N) is 2. The zero-order chi connectivity index (χ0) is 32.7. The van der Waals surface area contributed by atoms with Gasteiger partial charge in [0.2, 0.25) is 0 Å². The first-order valence-corrected chi connectivity index (χ1v) is 15.2. The third-order valence-corrected chi connectivity index (χ3v) is 7.09. The van der Waals surface area contributed by atoms with Gasteiger partial charge in [-0.1, -0.05) is 58.4 Å². The number of ether oxygens (including phenoxy) is 3. The van der Waals surface area contributed by atoms with E-state index in [4.69, 9.17) is 19.9 Å². The predicted molar refractivity (Wildman–Crippen MR) is 173 cm³/mol. The molecule has 1 aromatic carbocycles. The minimum Gasteiger partial charge on any atom is -0.496 e. The summed E-state index contributed by atoms with van der Waals surface area (Å²) in [5.74, 6) is 0.627. The van der Waals surface area contributed by atoms with Crippen molar-refractivity contribution in [1.82, 2.24) is 4.90 Å². The van der Waals surface area contributed by atoms with Crippen LogP contribution in [0.25, 0.3) is 0 Å². The van der Waals surface area contributed by atoms with Gasteiger partial charge in [0, 0.05) is 13.7 Å². The summed E-state index contributed by atoms with van der Waals surface area (Å²) in [6, 6.07) is 8.88. The van der Waals surface area contributed by atoms with E-state index in [0.29, 0.717) is 6.61 Å². The molecule has 8 heteroatoms. The highest BCUT2D eigenvalue weighted by Gasteiger charge is 2.36. The van der Waals surface area contributed by atoms with Gasteiger partial charge in [0.15, 0.2) is 0 Å². The Bertz CT molecular complexity index is 970. The van der Waals surface area contributed by atoms with Gasteiger partial charge in [-0.2, -0.15) is 5.26 Å². The molecule has 0 saturated carbocycles. The summed E-state index contributed by atoms with van der Waals surface area (Å²) in [4.78, 5) is 24.0. The summed E-state index contributed by atoms with van der Waals surface area (Å²) in [5, 5.41) is 10.3. The molecule has 0 aliphatic heterocycles. The molecule has 0 amide bonds. The summed E-state index contributed by atoms with van der Waals surface area (Å²) in [6.07, 6.45) is 5.48. The van der Waals surface area contributed by atoms with Crippen molar-refractivity contribution in [2.75, 3.05) is 54.1 Å². The molecule has 42 heavy (non-hydrogen) atoms. The van der Waals surface area contributed by atoms with Crippen molar-refractivity contribution in [2.45, 2.75) is 86.5 Å². The minimum atomic E-state index is -0.522. The van der Waals surface area contributed by atoms with Gasteiger partial charge < -0.3 is 24.8 Å². The zero-order valence-corrected chi connectivity index (χ0v) is 28.3. The predicted octanol–water partition coefficient (Wildman–Crippen LogP) is 6.11.